The molecule has 1 N–H and O–H groups in total. The first-order valence-corrected chi connectivity index (χ1v) is 11.7. The average molecular weight is 421 g/mol. The summed E-state index contributed by atoms with van der Waals surface area (Å²) in [4.78, 5) is 28.5. The van der Waals surface area contributed by atoms with Crippen molar-refractivity contribution in [2.45, 2.75) is 84.3 Å². The Labute approximate surface area is 187 Å². The van der Waals surface area contributed by atoms with Gasteiger partial charge < -0.3 is 10.2 Å². The van der Waals surface area contributed by atoms with Crippen molar-refractivity contribution in [2.75, 3.05) is 0 Å². The highest BCUT2D eigenvalue weighted by molar-refractivity contribution is 5.88. The van der Waals surface area contributed by atoms with E-state index in [9.17, 15) is 9.59 Å². The Hall–Kier alpha value is -2.62. The van der Waals surface area contributed by atoms with Crippen molar-refractivity contribution < 1.29 is 9.59 Å². The monoisotopic (exact) mass is 420 g/mol. The molecule has 4 heteroatoms. The fourth-order valence-electron chi connectivity index (χ4n) is 4.42. The summed E-state index contributed by atoms with van der Waals surface area (Å²) in [5.74, 6) is -0.0157. The number of amides is 2. The predicted molar refractivity (Wildman–Crippen MR) is 126 cm³/mol. The minimum absolute atomic E-state index is 0.00208. The van der Waals surface area contributed by atoms with Crippen LogP contribution in [-0.2, 0) is 22.6 Å². The van der Waals surface area contributed by atoms with Gasteiger partial charge in [0.1, 0.15) is 6.04 Å². The maximum atomic E-state index is 13.5. The molecule has 166 valence electrons. The van der Waals surface area contributed by atoms with Gasteiger partial charge in [-0.15, -0.1) is 0 Å². The summed E-state index contributed by atoms with van der Waals surface area (Å²) in [5, 5.41) is 3.24. The molecule has 2 aromatic rings. The SMILES string of the molecule is CC[C@@H](C(=O)NC1CCCCC1)N(Cc1ccccc1C)C(=O)Cc1ccc(C)cc1. The van der Waals surface area contributed by atoms with Crippen molar-refractivity contribution in [2.24, 2.45) is 0 Å². The number of hydrogen-bond acceptors (Lipinski definition) is 2. The number of rotatable bonds is 8. The fourth-order valence-corrected chi connectivity index (χ4v) is 4.42. The van der Waals surface area contributed by atoms with Crippen LogP contribution in [0.4, 0.5) is 0 Å². The zero-order chi connectivity index (χ0) is 22.2. The summed E-state index contributed by atoms with van der Waals surface area (Å²) in [6.07, 6.45) is 6.57. The lowest BCUT2D eigenvalue weighted by atomic mass is 9.95. The van der Waals surface area contributed by atoms with Gasteiger partial charge in [-0.3, -0.25) is 9.59 Å². The van der Waals surface area contributed by atoms with Crippen LogP contribution in [0.25, 0.3) is 0 Å². The number of carbonyl (C=O) groups is 2. The van der Waals surface area contributed by atoms with E-state index < -0.39 is 6.04 Å². The maximum absolute atomic E-state index is 13.5. The van der Waals surface area contributed by atoms with E-state index in [1.54, 1.807) is 4.90 Å². The molecule has 1 aliphatic carbocycles. The first kappa shape index (κ1) is 23.1. The molecule has 4 nitrogen and oxygen atoms in total. The van der Waals surface area contributed by atoms with Crippen LogP contribution in [0.15, 0.2) is 48.5 Å². The van der Waals surface area contributed by atoms with Crippen LogP contribution >= 0.6 is 0 Å². The van der Waals surface area contributed by atoms with Crippen molar-refractivity contribution in [1.82, 2.24) is 10.2 Å². The summed E-state index contributed by atoms with van der Waals surface area (Å²) < 4.78 is 0. The second-order valence-corrected chi connectivity index (χ2v) is 8.88. The zero-order valence-electron chi connectivity index (χ0n) is 19.2. The molecule has 0 spiro atoms. The van der Waals surface area contributed by atoms with E-state index in [4.69, 9.17) is 0 Å². The first-order chi connectivity index (χ1) is 15.0. The maximum Gasteiger partial charge on any atom is 0.243 e. The van der Waals surface area contributed by atoms with Crippen molar-refractivity contribution >= 4 is 11.8 Å². The molecule has 0 aliphatic heterocycles. The van der Waals surface area contributed by atoms with Gasteiger partial charge in [-0.1, -0.05) is 80.3 Å². The third-order valence-corrected chi connectivity index (χ3v) is 6.42. The van der Waals surface area contributed by atoms with Gasteiger partial charge in [0, 0.05) is 12.6 Å². The van der Waals surface area contributed by atoms with E-state index in [-0.39, 0.29) is 17.9 Å². The van der Waals surface area contributed by atoms with Crippen LogP contribution in [0.1, 0.15) is 67.7 Å². The van der Waals surface area contributed by atoms with E-state index in [1.165, 1.54) is 24.8 Å². The normalized spacial score (nSPS) is 15.3. The highest BCUT2D eigenvalue weighted by Gasteiger charge is 2.30. The number of benzene rings is 2. The van der Waals surface area contributed by atoms with E-state index >= 15 is 0 Å². The molecule has 0 radical (unpaired) electrons. The van der Waals surface area contributed by atoms with Crippen LogP contribution in [0.3, 0.4) is 0 Å². The molecule has 31 heavy (non-hydrogen) atoms. The fraction of sp³-hybridized carbons (Fsp3) is 0.481. The van der Waals surface area contributed by atoms with E-state index in [2.05, 4.69) is 18.3 Å². The Bertz CT molecular complexity index is 869. The summed E-state index contributed by atoms with van der Waals surface area (Å²) in [6.45, 7) is 6.54. The lowest BCUT2D eigenvalue weighted by Gasteiger charge is -2.33. The summed E-state index contributed by atoms with van der Waals surface area (Å²) in [5.41, 5.74) is 4.38. The number of carbonyl (C=O) groups excluding carboxylic acids is 2. The lowest BCUT2D eigenvalue weighted by molar-refractivity contribution is -0.141. The minimum atomic E-state index is -0.459. The summed E-state index contributed by atoms with van der Waals surface area (Å²) in [6, 6.07) is 15.9. The van der Waals surface area contributed by atoms with E-state index in [0.29, 0.717) is 19.4 Å². The van der Waals surface area contributed by atoms with Gasteiger partial charge in [-0.25, -0.2) is 0 Å². The number of nitrogens with zero attached hydrogens (tertiary/aromatic N) is 1. The van der Waals surface area contributed by atoms with Gasteiger partial charge >= 0.3 is 0 Å². The molecule has 2 amide bonds. The van der Waals surface area contributed by atoms with Crippen LogP contribution in [0.5, 0.6) is 0 Å². The third kappa shape index (κ3) is 6.43. The standard InChI is InChI=1S/C27H36N2O2/c1-4-25(27(31)28-24-12-6-5-7-13-24)29(19-23-11-9-8-10-21(23)3)26(30)18-22-16-14-20(2)15-17-22/h8-11,14-17,24-25H,4-7,12-13,18-19H2,1-3H3,(H,28,31)/t25-/m0/s1. The molecule has 0 bridgehead atoms. The molecule has 0 heterocycles. The Morgan fingerprint density at radius 1 is 1.00 bits per heavy atom. The van der Waals surface area contributed by atoms with Crippen molar-refractivity contribution in [3.8, 4) is 0 Å². The van der Waals surface area contributed by atoms with Gasteiger partial charge in [-0.2, -0.15) is 0 Å². The van der Waals surface area contributed by atoms with Crippen LogP contribution < -0.4 is 5.32 Å². The minimum Gasteiger partial charge on any atom is -0.352 e. The van der Waals surface area contributed by atoms with Gasteiger partial charge in [0.25, 0.3) is 0 Å². The number of hydrogen-bond donors (Lipinski definition) is 1. The van der Waals surface area contributed by atoms with E-state index in [1.807, 2.05) is 56.3 Å². The zero-order valence-corrected chi connectivity index (χ0v) is 19.2. The second kappa shape index (κ2) is 11.1. The average Bonchev–Trinajstić information content (AvgIpc) is 2.77. The van der Waals surface area contributed by atoms with Crippen molar-refractivity contribution in [3.63, 3.8) is 0 Å². The molecular weight excluding hydrogens is 384 g/mol. The molecule has 0 aromatic heterocycles. The Kier molecular flexibility index (Phi) is 8.27. The highest BCUT2D eigenvalue weighted by Crippen LogP contribution is 2.20. The van der Waals surface area contributed by atoms with Gasteiger partial charge in [0.15, 0.2) is 0 Å². The van der Waals surface area contributed by atoms with Gasteiger partial charge in [-0.05, 0) is 49.8 Å². The molecule has 3 rings (SSSR count). The predicted octanol–water partition coefficient (Wildman–Crippen LogP) is 5.10. The Morgan fingerprint density at radius 3 is 2.32 bits per heavy atom. The van der Waals surface area contributed by atoms with Crippen LogP contribution in [0.2, 0.25) is 0 Å². The van der Waals surface area contributed by atoms with Crippen LogP contribution in [0, 0.1) is 13.8 Å². The van der Waals surface area contributed by atoms with Crippen molar-refractivity contribution in [3.05, 3.63) is 70.8 Å². The van der Waals surface area contributed by atoms with Gasteiger partial charge in [0.05, 0.1) is 6.42 Å². The molecule has 1 atom stereocenters. The number of nitrogens with one attached hydrogen (secondary N) is 1. The summed E-state index contributed by atoms with van der Waals surface area (Å²) >= 11 is 0. The molecule has 1 aliphatic rings. The molecule has 1 saturated carbocycles. The lowest BCUT2D eigenvalue weighted by Crippen LogP contribution is -2.52. The molecule has 0 saturated heterocycles. The van der Waals surface area contributed by atoms with Crippen LogP contribution in [-0.4, -0.2) is 28.8 Å². The van der Waals surface area contributed by atoms with Crippen molar-refractivity contribution in [1.29, 1.82) is 0 Å². The number of aryl methyl sites for hydroxylation is 2. The smallest absolute Gasteiger partial charge is 0.243 e. The summed E-state index contributed by atoms with van der Waals surface area (Å²) in [7, 11) is 0. The molecule has 2 aromatic carbocycles. The topological polar surface area (TPSA) is 49.4 Å². The first-order valence-electron chi connectivity index (χ1n) is 11.7. The molecular formula is C27H36N2O2. The quantitative estimate of drug-likeness (QED) is 0.646. The third-order valence-electron chi connectivity index (χ3n) is 6.42. The molecule has 1 fully saturated rings. The highest BCUT2D eigenvalue weighted by atomic mass is 16.2. The Balaban J connectivity index is 1.81. The van der Waals surface area contributed by atoms with E-state index in [0.717, 1.165) is 29.5 Å². The van der Waals surface area contributed by atoms with Gasteiger partial charge in [0.2, 0.25) is 11.8 Å². The Morgan fingerprint density at radius 2 is 1.68 bits per heavy atom. The molecule has 0 unspecified atom stereocenters. The largest absolute Gasteiger partial charge is 0.352 e. The second-order valence-electron chi connectivity index (χ2n) is 8.88.